The van der Waals surface area contributed by atoms with Crippen molar-refractivity contribution in [3.63, 3.8) is 0 Å². The Labute approximate surface area is 199 Å². The lowest BCUT2D eigenvalue weighted by atomic mass is 9.82. The number of rotatable bonds is 2. The van der Waals surface area contributed by atoms with Crippen molar-refractivity contribution in [1.29, 1.82) is 0 Å². The normalized spacial score (nSPS) is 12.3. The summed E-state index contributed by atoms with van der Waals surface area (Å²) in [4.78, 5) is 4.80. The Hall–Kier alpha value is -3.85. The molecule has 0 aliphatic carbocycles. The molecule has 3 heteroatoms. The molecular weight excluding hydrogens is 418 g/mol. The van der Waals surface area contributed by atoms with Crippen LogP contribution in [-0.2, 0) is 5.41 Å². The molecule has 0 saturated carbocycles. The molecule has 3 heterocycles. The highest BCUT2D eigenvalue weighted by atomic mass is 16.3. The van der Waals surface area contributed by atoms with E-state index >= 15 is 0 Å². The predicted molar refractivity (Wildman–Crippen MR) is 140 cm³/mol. The first-order valence-electron chi connectivity index (χ1n) is 11.7. The quantitative estimate of drug-likeness (QED) is 0.267. The lowest BCUT2D eigenvalue weighted by molar-refractivity contribution is 0.578. The van der Waals surface area contributed by atoms with Crippen LogP contribution in [0.4, 0.5) is 0 Å². The number of hydrogen-bond donors (Lipinski definition) is 0. The van der Waals surface area contributed by atoms with E-state index in [0.29, 0.717) is 0 Å². The van der Waals surface area contributed by atoms with Gasteiger partial charge in [-0.05, 0) is 65.9 Å². The van der Waals surface area contributed by atoms with Crippen molar-refractivity contribution < 1.29 is 8.83 Å². The summed E-state index contributed by atoms with van der Waals surface area (Å²) in [6.07, 6.45) is 1.88. The summed E-state index contributed by atoms with van der Waals surface area (Å²) < 4.78 is 12.4. The van der Waals surface area contributed by atoms with Crippen molar-refractivity contribution in [2.24, 2.45) is 0 Å². The van der Waals surface area contributed by atoms with E-state index in [-0.39, 0.29) is 5.41 Å². The Kier molecular flexibility index (Phi) is 4.47. The van der Waals surface area contributed by atoms with Gasteiger partial charge >= 0.3 is 0 Å². The molecule has 3 nitrogen and oxygen atoms in total. The maximum Gasteiger partial charge on any atom is 0.161 e. The Morgan fingerprint density at radius 2 is 1.56 bits per heavy atom. The van der Waals surface area contributed by atoms with E-state index in [0.717, 1.165) is 55.8 Å². The highest BCUT2D eigenvalue weighted by Gasteiger charge is 2.22. The van der Waals surface area contributed by atoms with Crippen LogP contribution in [-0.4, -0.2) is 4.98 Å². The molecule has 0 atom stereocenters. The molecule has 0 bridgehead atoms. The molecule has 0 fully saturated rings. The van der Waals surface area contributed by atoms with E-state index in [1.54, 1.807) is 0 Å². The predicted octanol–water partition coefficient (Wildman–Crippen LogP) is 8.98. The van der Waals surface area contributed by atoms with Gasteiger partial charge in [-0.25, -0.2) is 0 Å². The van der Waals surface area contributed by atoms with E-state index in [1.165, 1.54) is 16.3 Å². The number of aromatic nitrogens is 1. The Balaban J connectivity index is 1.58. The van der Waals surface area contributed by atoms with E-state index in [1.807, 2.05) is 19.2 Å². The molecule has 6 rings (SSSR count). The summed E-state index contributed by atoms with van der Waals surface area (Å²) in [6, 6.07) is 23.4. The number of nitrogens with zero attached hydrogens (tertiary/aromatic N) is 1. The van der Waals surface area contributed by atoms with Crippen LogP contribution in [0.1, 0.15) is 37.7 Å². The molecule has 0 saturated heterocycles. The van der Waals surface area contributed by atoms with Crippen LogP contribution in [0.2, 0.25) is 0 Å². The van der Waals surface area contributed by atoms with E-state index in [4.69, 9.17) is 13.8 Å². The molecule has 0 aliphatic heterocycles. The van der Waals surface area contributed by atoms with Gasteiger partial charge in [0.15, 0.2) is 5.58 Å². The summed E-state index contributed by atoms with van der Waals surface area (Å²) >= 11 is 0. The minimum absolute atomic E-state index is 0.00430. The number of hydrogen-bond acceptors (Lipinski definition) is 3. The molecule has 0 radical (unpaired) electrons. The third-order valence-corrected chi connectivity index (χ3v) is 6.70. The second-order valence-electron chi connectivity index (χ2n) is 10.2. The molecule has 34 heavy (non-hydrogen) atoms. The first kappa shape index (κ1) is 20.7. The van der Waals surface area contributed by atoms with Crippen molar-refractivity contribution in [2.45, 2.75) is 40.0 Å². The largest absolute Gasteiger partial charge is 0.461 e. The zero-order valence-electron chi connectivity index (χ0n) is 20.2. The fourth-order valence-corrected chi connectivity index (χ4v) is 5.00. The number of furan rings is 2. The molecular formula is C31H27NO2. The smallest absolute Gasteiger partial charge is 0.161 e. The highest BCUT2D eigenvalue weighted by molar-refractivity contribution is 5.99. The summed E-state index contributed by atoms with van der Waals surface area (Å²) in [5.41, 5.74) is 7.07. The summed E-state index contributed by atoms with van der Waals surface area (Å²) in [7, 11) is 0. The molecule has 0 N–H and O–H groups in total. The lowest BCUT2D eigenvalue weighted by Gasteiger charge is -2.22. The minimum atomic E-state index is 0.00430. The average molecular weight is 446 g/mol. The van der Waals surface area contributed by atoms with E-state index < -0.39 is 0 Å². The third-order valence-electron chi connectivity index (χ3n) is 6.70. The van der Waals surface area contributed by atoms with Crippen LogP contribution in [0, 0.1) is 13.8 Å². The van der Waals surface area contributed by atoms with Gasteiger partial charge in [-0.2, -0.15) is 0 Å². The first-order valence-corrected chi connectivity index (χ1v) is 11.7. The van der Waals surface area contributed by atoms with Gasteiger partial charge in [0.2, 0.25) is 0 Å². The number of aryl methyl sites for hydroxylation is 2. The van der Waals surface area contributed by atoms with Gasteiger partial charge in [0.25, 0.3) is 0 Å². The minimum Gasteiger partial charge on any atom is -0.461 e. The third kappa shape index (κ3) is 3.23. The van der Waals surface area contributed by atoms with Crippen LogP contribution in [0.3, 0.4) is 0 Å². The molecule has 3 aromatic carbocycles. The highest BCUT2D eigenvalue weighted by Crippen LogP contribution is 2.40. The van der Waals surface area contributed by atoms with Crippen LogP contribution in [0.5, 0.6) is 0 Å². The van der Waals surface area contributed by atoms with Crippen LogP contribution < -0.4 is 0 Å². The van der Waals surface area contributed by atoms with Gasteiger partial charge in [0.05, 0.1) is 0 Å². The number of benzene rings is 3. The topological polar surface area (TPSA) is 39.2 Å². The molecule has 3 aromatic heterocycles. The fraction of sp³-hybridized carbons (Fsp3) is 0.194. The molecule has 0 aliphatic rings. The van der Waals surface area contributed by atoms with Gasteiger partial charge in [0.1, 0.15) is 22.8 Å². The zero-order chi connectivity index (χ0) is 23.6. The summed E-state index contributed by atoms with van der Waals surface area (Å²) in [5.74, 6) is 1.77. The van der Waals surface area contributed by atoms with Gasteiger partial charge < -0.3 is 8.83 Å². The zero-order valence-corrected chi connectivity index (χ0v) is 20.2. The van der Waals surface area contributed by atoms with Gasteiger partial charge in [0, 0.05) is 33.7 Å². The average Bonchev–Trinajstić information content (AvgIpc) is 3.36. The molecule has 0 unspecified atom stereocenters. The number of fused-ring (bicyclic) bond motifs is 3. The SMILES string of the molecule is Cc1cc2ccc(-c3oc4c(-c5cc(C(C)(C)C)c6ccccc6c5)nccc4c3C)cc2o1. The first-order chi connectivity index (χ1) is 16.3. The van der Waals surface area contributed by atoms with Crippen molar-refractivity contribution in [3.05, 3.63) is 89.8 Å². The molecule has 168 valence electrons. The van der Waals surface area contributed by atoms with Gasteiger partial charge in [-0.1, -0.05) is 57.2 Å². The Morgan fingerprint density at radius 1 is 0.735 bits per heavy atom. The van der Waals surface area contributed by atoms with Crippen LogP contribution in [0.25, 0.3) is 55.3 Å². The van der Waals surface area contributed by atoms with Crippen molar-refractivity contribution in [2.75, 3.05) is 0 Å². The van der Waals surface area contributed by atoms with Crippen molar-refractivity contribution >= 4 is 32.7 Å². The second kappa shape index (κ2) is 7.33. The van der Waals surface area contributed by atoms with Crippen molar-refractivity contribution in [3.8, 4) is 22.6 Å². The van der Waals surface area contributed by atoms with Crippen molar-refractivity contribution in [1.82, 2.24) is 4.98 Å². The van der Waals surface area contributed by atoms with E-state index in [2.05, 4.69) is 88.4 Å². The molecule has 0 spiro atoms. The van der Waals surface area contributed by atoms with Crippen LogP contribution in [0.15, 0.2) is 81.8 Å². The monoisotopic (exact) mass is 445 g/mol. The standard InChI is InChI=1S/C31H27NO2/c1-18-14-21-10-11-22(17-27(21)33-18)29-19(2)24-12-13-32-28(30(24)34-29)23-15-20-8-6-7-9-25(20)26(16-23)31(3,4)5/h6-17H,1-5H3. The number of pyridine rings is 1. The van der Waals surface area contributed by atoms with Crippen LogP contribution >= 0.6 is 0 Å². The Bertz CT molecular complexity index is 1710. The van der Waals surface area contributed by atoms with Gasteiger partial charge in [-0.3, -0.25) is 4.98 Å². The second-order valence-corrected chi connectivity index (χ2v) is 10.2. The Morgan fingerprint density at radius 3 is 2.38 bits per heavy atom. The van der Waals surface area contributed by atoms with E-state index in [9.17, 15) is 0 Å². The fourth-order valence-electron chi connectivity index (χ4n) is 5.00. The maximum absolute atomic E-state index is 6.56. The summed E-state index contributed by atoms with van der Waals surface area (Å²) in [5, 5.41) is 4.68. The van der Waals surface area contributed by atoms with Gasteiger partial charge in [-0.15, -0.1) is 0 Å². The lowest BCUT2D eigenvalue weighted by Crippen LogP contribution is -2.12. The molecule has 6 aromatic rings. The maximum atomic E-state index is 6.56. The summed E-state index contributed by atoms with van der Waals surface area (Å²) in [6.45, 7) is 10.9. The molecule has 0 amide bonds.